The number of hydrogen-bond donors (Lipinski definition) is 1. The van der Waals surface area contributed by atoms with Gasteiger partial charge in [-0.3, -0.25) is 0 Å². The second-order valence-electron chi connectivity index (χ2n) is 5.45. The van der Waals surface area contributed by atoms with E-state index < -0.39 is 0 Å². The van der Waals surface area contributed by atoms with E-state index in [1.807, 2.05) is 11.3 Å². The van der Waals surface area contributed by atoms with Gasteiger partial charge in [0.25, 0.3) is 0 Å². The Morgan fingerprint density at radius 1 is 1.44 bits per heavy atom. The van der Waals surface area contributed by atoms with Gasteiger partial charge >= 0.3 is 0 Å². The predicted octanol–water partition coefficient (Wildman–Crippen LogP) is 3.66. The highest BCUT2D eigenvalue weighted by Gasteiger charge is 2.19. The Kier molecular flexibility index (Phi) is 5.67. The number of thiophene rings is 1. The third kappa shape index (κ3) is 4.08. The van der Waals surface area contributed by atoms with Gasteiger partial charge in [-0.25, -0.2) is 0 Å². The minimum absolute atomic E-state index is 0.573. The maximum atomic E-state index is 3.90. The Labute approximate surface area is 115 Å². The first-order valence-electron chi connectivity index (χ1n) is 7.27. The maximum absolute atomic E-state index is 3.90. The molecule has 1 saturated heterocycles. The first kappa shape index (κ1) is 14.0. The van der Waals surface area contributed by atoms with Crippen LogP contribution in [0.2, 0.25) is 0 Å². The summed E-state index contributed by atoms with van der Waals surface area (Å²) in [6.45, 7) is 4.78. The molecule has 1 N–H and O–H groups in total. The Bertz CT molecular complexity index is 323. The minimum Gasteiger partial charge on any atom is -0.306 e. The van der Waals surface area contributed by atoms with Crippen molar-refractivity contribution in [3.63, 3.8) is 0 Å². The SMILES string of the molecule is CCCC(NC1CCCN(C)CC1)c1cccs1. The molecule has 102 valence electrons. The van der Waals surface area contributed by atoms with Gasteiger partial charge in [-0.1, -0.05) is 19.4 Å². The third-order valence-electron chi connectivity index (χ3n) is 3.85. The van der Waals surface area contributed by atoms with Crippen LogP contribution in [-0.4, -0.2) is 31.1 Å². The molecule has 1 aliphatic rings. The fourth-order valence-electron chi connectivity index (χ4n) is 2.78. The van der Waals surface area contributed by atoms with E-state index in [2.05, 4.69) is 41.7 Å². The lowest BCUT2D eigenvalue weighted by Crippen LogP contribution is -2.33. The molecule has 1 aromatic rings. The largest absolute Gasteiger partial charge is 0.306 e. The van der Waals surface area contributed by atoms with E-state index in [4.69, 9.17) is 0 Å². The lowest BCUT2D eigenvalue weighted by molar-refractivity contribution is 0.337. The number of rotatable bonds is 5. The Balaban J connectivity index is 1.92. The fourth-order valence-corrected chi connectivity index (χ4v) is 3.60. The molecule has 2 unspecified atom stereocenters. The van der Waals surface area contributed by atoms with Crippen LogP contribution in [0.3, 0.4) is 0 Å². The summed E-state index contributed by atoms with van der Waals surface area (Å²) in [5.41, 5.74) is 0. The van der Waals surface area contributed by atoms with Gasteiger partial charge in [-0.05, 0) is 57.3 Å². The van der Waals surface area contributed by atoms with Gasteiger partial charge in [0.15, 0.2) is 0 Å². The van der Waals surface area contributed by atoms with Crippen LogP contribution in [0.5, 0.6) is 0 Å². The average molecular weight is 266 g/mol. The molecule has 2 heterocycles. The Morgan fingerprint density at radius 3 is 3.06 bits per heavy atom. The van der Waals surface area contributed by atoms with Crippen molar-refractivity contribution >= 4 is 11.3 Å². The third-order valence-corrected chi connectivity index (χ3v) is 4.84. The van der Waals surface area contributed by atoms with Crippen molar-refractivity contribution in [2.45, 2.75) is 51.1 Å². The van der Waals surface area contributed by atoms with E-state index >= 15 is 0 Å². The van der Waals surface area contributed by atoms with E-state index in [1.165, 1.54) is 50.1 Å². The molecule has 2 nitrogen and oxygen atoms in total. The van der Waals surface area contributed by atoms with Crippen LogP contribution in [0.25, 0.3) is 0 Å². The van der Waals surface area contributed by atoms with Crippen LogP contribution < -0.4 is 5.32 Å². The highest BCUT2D eigenvalue weighted by Crippen LogP contribution is 2.25. The van der Waals surface area contributed by atoms with Gasteiger partial charge in [0.2, 0.25) is 0 Å². The van der Waals surface area contributed by atoms with Crippen molar-refractivity contribution in [1.29, 1.82) is 0 Å². The predicted molar refractivity (Wildman–Crippen MR) is 80.2 cm³/mol. The molecular weight excluding hydrogens is 240 g/mol. The highest BCUT2D eigenvalue weighted by atomic mass is 32.1. The van der Waals surface area contributed by atoms with E-state index in [0.29, 0.717) is 12.1 Å². The lowest BCUT2D eigenvalue weighted by atomic mass is 10.0. The first-order valence-corrected chi connectivity index (χ1v) is 8.15. The zero-order chi connectivity index (χ0) is 12.8. The molecule has 18 heavy (non-hydrogen) atoms. The zero-order valence-electron chi connectivity index (χ0n) is 11.7. The summed E-state index contributed by atoms with van der Waals surface area (Å²) in [5, 5.41) is 6.10. The quantitative estimate of drug-likeness (QED) is 0.875. The zero-order valence-corrected chi connectivity index (χ0v) is 12.5. The summed E-state index contributed by atoms with van der Waals surface area (Å²) in [5.74, 6) is 0. The van der Waals surface area contributed by atoms with Gasteiger partial charge in [-0.2, -0.15) is 0 Å². The lowest BCUT2D eigenvalue weighted by Gasteiger charge is -2.24. The van der Waals surface area contributed by atoms with Crippen LogP contribution in [0.4, 0.5) is 0 Å². The number of nitrogens with one attached hydrogen (secondary N) is 1. The van der Waals surface area contributed by atoms with Crippen molar-refractivity contribution in [2.24, 2.45) is 0 Å². The molecule has 2 rings (SSSR count). The molecule has 0 bridgehead atoms. The molecule has 0 aliphatic carbocycles. The van der Waals surface area contributed by atoms with Crippen molar-refractivity contribution in [1.82, 2.24) is 10.2 Å². The molecular formula is C15H26N2S. The molecule has 1 fully saturated rings. The van der Waals surface area contributed by atoms with Crippen LogP contribution in [0.15, 0.2) is 17.5 Å². The van der Waals surface area contributed by atoms with Gasteiger partial charge in [0.05, 0.1) is 0 Å². The molecule has 0 radical (unpaired) electrons. The second-order valence-corrected chi connectivity index (χ2v) is 6.43. The molecule has 2 atom stereocenters. The van der Waals surface area contributed by atoms with E-state index in [0.717, 1.165) is 0 Å². The van der Waals surface area contributed by atoms with Crippen molar-refractivity contribution in [2.75, 3.05) is 20.1 Å². The topological polar surface area (TPSA) is 15.3 Å². The number of likely N-dealkylation sites (tertiary alicyclic amines) is 1. The monoisotopic (exact) mass is 266 g/mol. The second kappa shape index (κ2) is 7.27. The van der Waals surface area contributed by atoms with Gasteiger partial charge in [-0.15, -0.1) is 11.3 Å². The molecule has 1 aromatic heterocycles. The number of hydrogen-bond acceptors (Lipinski definition) is 3. The summed E-state index contributed by atoms with van der Waals surface area (Å²) in [4.78, 5) is 3.97. The van der Waals surface area contributed by atoms with Gasteiger partial charge in [0.1, 0.15) is 0 Å². The highest BCUT2D eigenvalue weighted by molar-refractivity contribution is 7.10. The average Bonchev–Trinajstić information content (AvgIpc) is 2.81. The molecule has 0 aromatic carbocycles. The summed E-state index contributed by atoms with van der Waals surface area (Å²) in [6, 6.07) is 5.73. The van der Waals surface area contributed by atoms with Crippen LogP contribution in [0.1, 0.15) is 49.9 Å². The fraction of sp³-hybridized carbons (Fsp3) is 0.733. The van der Waals surface area contributed by atoms with E-state index in [9.17, 15) is 0 Å². The molecule has 3 heteroatoms. The molecule has 0 amide bonds. The number of nitrogens with zero attached hydrogens (tertiary/aromatic N) is 1. The molecule has 1 aliphatic heterocycles. The first-order chi connectivity index (χ1) is 8.79. The summed E-state index contributed by atoms with van der Waals surface area (Å²) in [7, 11) is 2.24. The van der Waals surface area contributed by atoms with Gasteiger partial charge < -0.3 is 10.2 Å². The van der Waals surface area contributed by atoms with Crippen molar-refractivity contribution in [3.05, 3.63) is 22.4 Å². The molecule has 0 saturated carbocycles. The van der Waals surface area contributed by atoms with E-state index in [1.54, 1.807) is 0 Å². The standard InChI is InChI=1S/C15H26N2S/c1-3-6-14(15-8-5-12-18-15)16-13-7-4-10-17(2)11-9-13/h5,8,12-14,16H,3-4,6-7,9-11H2,1-2H3. The van der Waals surface area contributed by atoms with Crippen molar-refractivity contribution < 1.29 is 0 Å². The summed E-state index contributed by atoms with van der Waals surface area (Å²) in [6.07, 6.45) is 6.46. The Hall–Kier alpha value is -0.380. The minimum atomic E-state index is 0.573. The van der Waals surface area contributed by atoms with Crippen LogP contribution in [-0.2, 0) is 0 Å². The summed E-state index contributed by atoms with van der Waals surface area (Å²) < 4.78 is 0. The smallest absolute Gasteiger partial charge is 0.0416 e. The Morgan fingerprint density at radius 2 is 2.33 bits per heavy atom. The van der Waals surface area contributed by atoms with E-state index in [-0.39, 0.29) is 0 Å². The molecule has 0 spiro atoms. The maximum Gasteiger partial charge on any atom is 0.0416 e. The normalized spacial score (nSPS) is 23.8. The van der Waals surface area contributed by atoms with Gasteiger partial charge in [0, 0.05) is 17.0 Å². The summed E-state index contributed by atoms with van der Waals surface area (Å²) >= 11 is 1.89. The van der Waals surface area contributed by atoms with Crippen LogP contribution >= 0.6 is 11.3 Å². The van der Waals surface area contributed by atoms with Crippen LogP contribution in [0, 0.1) is 0 Å². The van der Waals surface area contributed by atoms with Crippen molar-refractivity contribution in [3.8, 4) is 0 Å².